The first-order valence-corrected chi connectivity index (χ1v) is 11.0. The molecular weight excluding hydrogens is 426 g/mol. The highest BCUT2D eigenvalue weighted by molar-refractivity contribution is 6.31. The Morgan fingerprint density at radius 1 is 1.00 bits per heavy atom. The summed E-state index contributed by atoms with van der Waals surface area (Å²) in [6.07, 6.45) is 0. The molecule has 1 amide bonds. The number of anilines is 3. The number of aryl methyl sites for hydroxylation is 1. The van der Waals surface area contributed by atoms with Gasteiger partial charge in [-0.15, -0.1) is 0 Å². The van der Waals surface area contributed by atoms with E-state index in [1.54, 1.807) is 25.1 Å². The number of nitrogens with one attached hydrogen (secondary N) is 1. The Morgan fingerprint density at radius 2 is 1.69 bits per heavy atom. The Bertz CT molecular complexity index is 1170. The molecule has 1 saturated heterocycles. The quantitative estimate of drug-likeness (QED) is 0.643. The smallest absolute Gasteiger partial charge is 0.255 e. The Labute approximate surface area is 192 Å². The summed E-state index contributed by atoms with van der Waals surface area (Å²) < 4.78 is 1.44. The highest BCUT2D eigenvalue weighted by Gasteiger charge is 2.22. The van der Waals surface area contributed by atoms with Gasteiger partial charge in [-0.2, -0.15) is 0 Å². The number of amides is 1. The lowest BCUT2D eigenvalue weighted by atomic mass is 10.2. The van der Waals surface area contributed by atoms with E-state index in [-0.39, 0.29) is 18.0 Å². The first kappa shape index (κ1) is 21.9. The van der Waals surface area contributed by atoms with Gasteiger partial charge < -0.3 is 15.1 Å². The number of piperazine rings is 1. The summed E-state index contributed by atoms with van der Waals surface area (Å²) in [6.45, 7) is 6.55. The second-order valence-electron chi connectivity index (χ2n) is 7.89. The molecule has 0 spiro atoms. The van der Waals surface area contributed by atoms with Crippen LogP contribution >= 0.6 is 11.6 Å². The molecule has 32 heavy (non-hydrogen) atoms. The van der Waals surface area contributed by atoms with E-state index in [9.17, 15) is 9.59 Å². The van der Waals surface area contributed by atoms with E-state index < -0.39 is 0 Å². The summed E-state index contributed by atoms with van der Waals surface area (Å²) >= 11 is 6.16. The minimum Gasteiger partial charge on any atom is -0.368 e. The van der Waals surface area contributed by atoms with Gasteiger partial charge in [-0.05, 0) is 43.7 Å². The second kappa shape index (κ2) is 9.44. The van der Waals surface area contributed by atoms with Gasteiger partial charge in [0.2, 0.25) is 11.9 Å². The van der Waals surface area contributed by atoms with Crippen LogP contribution < -0.4 is 20.7 Å². The van der Waals surface area contributed by atoms with E-state index in [2.05, 4.69) is 32.2 Å². The number of halogens is 1. The Kier molecular flexibility index (Phi) is 6.46. The van der Waals surface area contributed by atoms with Crippen molar-refractivity contribution in [3.05, 3.63) is 81.2 Å². The fraction of sp³-hybridized carbons (Fsp3) is 0.292. The summed E-state index contributed by atoms with van der Waals surface area (Å²) in [6, 6.07) is 17.1. The van der Waals surface area contributed by atoms with E-state index in [0.29, 0.717) is 35.4 Å². The SMILES string of the molecule is Cc1cc(=O)n(CC(=O)Nc2cccc(Cl)c2C)c(N2CCN(c3ccccc3)CC2)n1. The standard InChI is InChI=1S/C24H26ClN5O2/c1-17-15-23(32)30(16-22(31)27-21-10-6-9-20(25)18(21)2)24(26-17)29-13-11-28(12-14-29)19-7-4-3-5-8-19/h3-10,15H,11-14,16H2,1-2H3,(H,27,31). The zero-order valence-electron chi connectivity index (χ0n) is 18.2. The molecule has 1 aliphatic rings. The third-order valence-corrected chi connectivity index (χ3v) is 6.05. The lowest BCUT2D eigenvalue weighted by molar-refractivity contribution is -0.116. The van der Waals surface area contributed by atoms with Crippen molar-refractivity contribution in [2.24, 2.45) is 0 Å². The number of para-hydroxylation sites is 1. The number of hydrogen-bond donors (Lipinski definition) is 1. The third-order valence-electron chi connectivity index (χ3n) is 5.64. The Morgan fingerprint density at radius 3 is 2.41 bits per heavy atom. The van der Waals surface area contributed by atoms with E-state index in [4.69, 9.17) is 11.6 Å². The first-order chi connectivity index (χ1) is 15.4. The topological polar surface area (TPSA) is 70.5 Å². The maximum absolute atomic E-state index is 12.8. The number of hydrogen-bond acceptors (Lipinski definition) is 5. The summed E-state index contributed by atoms with van der Waals surface area (Å²) in [7, 11) is 0. The molecule has 0 radical (unpaired) electrons. The molecule has 7 nitrogen and oxygen atoms in total. The molecule has 0 bridgehead atoms. The van der Waals surface area contributed by atoms with Crippen molar-refractivity contribution in [2.75, 3.05) is 41.3 Å². The van der Waals surface area contributed by atoms with Crippen LogP contribution in [0.2, 0.25) is 5.02 Å². The summed E-state index contributed by atoms with van der Waals surface area (Å²) in [5.74, 6) is 0.230. The number of carbonyl (C=O) groups is 1. The minimum atomic E-state index is -0.299. The van der Waals surface area contributed by atoms with Crippen molar-refractivity contribution in [1.29, 1.82) is 0 Å². The lowest BCUT2D eigenvalue weighted by Gasteiger charge is -2.37. The third kappa shape index (κ3) is 4.78. The Balaban J connectivity index is 1.52. The molecule has 0 saturated carbocycles. The highest BCUT2D eigenvalue weighted by atomic mass is 35.5. The molecule has 0 atom stereocenters. The maximum Gasteiger partial charge on any atom is 0.255 e. The van der Waals surface area contributed by atoms with E-state index in [1.807, 2.05) is 25.1 Å². The van der Waals surface area contributed by atoms with Gasteiger partial charge in [0.1, 0.15) is 6.54 Å². The number of nitrogens with zero attached hydrogens (tertiary/aromatic N) is 4. The van der Waals surface area contributed by atoms with Crippen molar-refractivity contribution < 1.29 is 4.79 Å². The molecule has 1 aromatic heterocycles. The van der Waals surface area contributed by atoms with Crippen LogP contribution in [0.15, 0.2) is 59.4 Å². The molecule has 2 aromatic carbocycles. The Hall–Kier alpha value is -3.32. The zero-order valence-corrected chi connectivity index (χ0v) is 19.0. The van der Waals surface area contributed by atoms with Crippen molar-refractivity contribution in [3.8, 4) is 0 Å². The normalized spacial score (nSPS) is 13.8. The van der Waals surface area contributed by atoms with Gasteiger partial charge in [0.05, 0.1) is 0 Å². The molecule has 2 heterocycles. The number of rotatable bonds is 5. The first-order valence-electron chi connectivity index (χ1n) is 10.6. The van der Waals surface area contributed by atoms with Gasteiger partial charge in [-0.25, -0.2) is 4.98 Å². The number of carbonyl (C=O) groups excluding carboxylic acids is 1. The van der Waals surface area contributed by atoms with Crippen LogP contribution in [0.4, 0.5) is 17.3 Å². The predicted octanol–water partition coefficient (Wildman–Crippen LogP) is 3.48. The van der Waals surface area contributed by atoms with Gasteiger partial charge in [0.25, 0.3) is 5.56 Å². The number of benzene rings is 2. The van der Waals surface area contributed by atoms with Crippen molar-refractivity contribution in [1.82, 2.24) is 9.55 Å². The molecule has 8 heteroatoms. The molecule has 4 rings (SSSR count). The molecule has 3 aromatic rings. The fourth-order valence-corrected chi connectivity index (χ4v) is 4.05. The number of aromatic nitrogens is 2. The van der Waals surface area contributed by atoms with Crippen LogP contribution in [0.1, 0.15) is 11.3 Å². The molecule has 0 unspecified atom stereocenters. The van der Waals surface area contributed by atoms with Gasteiger partial charge in [0.15, 0.2) is 0 Å². The molecule has 1 aliphatic heterocycles. The van der Waals surface area contributed by atoms with Crippen LogP contribution in [0, 0.1) is 13.8 Å². The average Bonchev–Trinajstić information content (AvgIpc) is 2.79. The van der Waals surface area contributed by atoms with Crippen LogP contribution in [-0.4, -0.2) is 41.6 Å². The minimum absolute atomic E-state index is 0.119. The molecule has 1 fully saturated rings. The summed E-state index contributed by atoms with van der Waals surface area (Å²) in [4.78, 5) is 34.6. The molecular formula is C24H26ClN5O2. The van der Waals surface area contributed by atoms with Crippen LogP contribution in [0.5, 0.6) is 0 Å². The van der Waals surface area contributed by atoms with Gasteiger partial charge in [-0.3, -0.25) is 14.2 Å². The van der Waals surface area contributed by atoms with Crippen LogP contribution in [-0.2, 0) is 11.3 Å². The predicted molar refractivity (Wildman–Crippen MR) is 129 cm³/mol. The monoisotopic (exact) mass is 451 g/mol. The highest BCUT2D eigenvalue weighted by Crippen LogP contribution is 2.23. The average molecular weight is 452 g/mol. The van der Waals surface area contributed by atoms with Crippen molar-refractivity contribution in [2.45, 2.75) is 20.4 Å². The van der Waals surface area contributed by atoms with Crippen molar-refractivity contribution in [3.63, 3.8) is 0 Å². The lowest BCUT2D eigenvalue weighted by Crippen LogP contribution is -2.48. The van der Waals surface area contributed by atoms with Gasteiger partial charge >= 0.3 is 0 Å². The van der Waals surface area contributed by atoms with Crippen LogP contribution in [0.3, 0.4) is 0 Å². The van der Waals surface area contributed by atoms with Gasteiger partial charge in [-0.1, -0.05) is 35.9 Å². The van der Waals surface area contributed by atoms with Crippen molar-refractivity contribution >= 4 is 34.8 Å². The second-order valence-corrected chi connectivity index (χ2v) is 8.30. The summed E-state index contributed by atoms with van der Waals surface area (Å²) in [5, 5.41) is 3.44. The van der Waals surface area contributed by atoms with E-state index in [1.165, 1.54) is 16.3 Å². The molecule has 166 valence electrons. The van der Waals surface area contributed by atoms with E-state index >= 15 is 0 Å². The van der Waals surface area contributed by atoms with Gasteiger partial charge in [0, 0.05) is 54.3 Å². The van der Waals surface area contributed by atoms with Crippen LogP contribution in [0.25, 0.3) is 0 Å². The van der Waals surface area contributed by atoms with E-state index in [0.717, 1.165) is 18.7 Å². The fourth-order valence-electron chi connectivity index (χ4n) is 3.88. The molecule has 1 N–H and O–H groups in total. The zero-order chi connectivity index (χ0) is 22.7. The summed E-state index contributed by atoms with van der Waals surface area (Å²) in [5.41, 5.74) is 2.99. The molecule has 0 aliphatic carbocycles. The maximum atomic E-state index is 12.8. The largest absolute Gasteiger partial charge is 0.368 e.